The number of nitrogens with one attached hydrogen (secondary N) is 1. The van der Waals surface area contributed by atoms with E-state index in [1.54, 1.807) is 33.9 Å². The zero-order chi connectivity index (χ0) is 18.7. The molecule has 0 fully saturated rings. The van der Waals surface area contributed by atoms with Crippen LogP contribution in [0.5, 0.6) is 5.88 Å². The number of fused-ring (bicyclic) bond motifs is 1. The van der Waals surface area contributed by atoms with Crippen LogP contribution in [0.3, 0.4) is 0 Å². The maximum atomic E-state index is 12.4. The zero-order valence-electron chi connectivity index (χ0n) is 15.0. The standard InChI is InChI=1S/C16H25N3O5S/c1-12-10-13-14(17-11-12)23-9-8-19(15(20)24-16(2,3)4)7-5-6-18-25(13,21)22/h10-11,18H,5-9H2,1-4H3. The first kappa shape index (κ1) is 19.5. The quantitative estimate of drug-likeness (QED) is 0.745. The summed E-state index contributed by atoms with van der Waals surface area (Å²) in [6.45, 7) is 8.12. The fraction of sp³-hybridized carbons (Fsp3) is 0.625. The number of rotatable bonds is 0. The number of carbonyl (C=O) groups excluding carboxylic acids is 1. The van der Waals surface area contributed by atoms with Crippen molar-refractivity contribution in [2.24, 2.45) is 0 Å². The molecule has 1 aliphatic rings. The van der Waals surface area contributed by atoms with Crippen molar-refractivity contribution >= 4 is 16.1 Å². The molecule has 1 amide bonds. The molecule has 140 valence electrons. The highest BCUT2D eigenvalue weighted by atomic mass is 32.2. The molecule has 0 saturated carbocycles. The van der Waals surface area contributed by atoms with Crippen molar-refractivity contribution in [3.63, 3.8) is 0 Å². The molecule has 25 heavy (non-hydrogen) atoms. The van der Waals surface area contributed by atoms with E-state index in [1.807, 2.05) is 0 Å². The second-order valence-corrected chi connectivity index (χ2v) is 8.62. The Hall–Kier alpha value is -1.87. The molecule has 1 aliphatic heterocycles. The summed E-state index contributed by atoms with van der Waals surface area (Å²) in [6, 6.07) is 1.52. The lowest BCUT2D eigenvalue weighted by Crippen LogP contribution is -2.40. The third-order valence-electron chi connectivity index (χ3n) is 3.39. The van der Waals surface area contributed by atoms with E-state index in [4.69, 9.17) is 9.47 Å². The minimum absolute atomic E-state index is 0.0122. The van der Waals surface area contributed by atoms with E-state index in [9.17, 15) is 13.2 Å². The Balaban J connectivity index is 2.20. The van der Waals surface area contributed by atoms with Gasteiger partial charge in [-0.15, -0.1) is 0 Å². The minimum atomic E-state index is -3.72. The van der Waals surface area contributed by atoms with Crippen LogP contribution in [0.15, 0.2) is 17.2 Å². The van der Waals surface area contributed by atoms with Gasteiger partial charge in [0.15, 0.2) is 0 Å². The molecule has 1 aromatic rings. The van der Waals surface area contributed by atoms with Crippen LogP contribution in [0.2, 0.25) is 0 Å². The second-order valence-electron chi connectivity index (χ2n) is 6.88. The molecular formula is C16H25N3O5S. The summed E-state index contributed by atoms with van der Waals surface area (Å²) >= 11 is 0. The van der Waals surface area contributed by atoms with E-state index in [0.717, 1.165) is 5.56 Å². The Morgan fingerprint density at radius 3 is 2.76 bits per heavy atom. The smallest absolute Gasteiger partial charge is 0.410 e. The Morgan fingerprint density at radius 1 is 1.36 bits per heavy atom. The molecule has 0 bridgehead atoms. The van der Waals surface area contributed by atoms with Crippen LogP contribution in [-0.4, -0.2) is 56.2 Å². The molecule has 1 aromatic heterocycles. The highest BCUT2D eigenvalue weighted by molar-refractivity contribution is 7.89. The van der Waals surface area contributed by atoms with Crippen LogP contribution in [0, 0.1) is 6.92 Å². The largest absolute Gasteiger partial charge is 0.475 e. The monoisotopic (exact) mass is 371 g/mol. The lowest BCUT2D eigenvalue weighted by atomic mass is 10.2. The van der Waals surface area contributed by atoms with Crippen molar-refractivity contribution < 1.29 is 22.7 Å². The molecule has 0 unspecified atom stereocenters. The number of nitrogens with zero attached hydrogens (tertiary/aromatic N) is 2. The van der Waals surface area contributed by atoms with Crippen molar-refractivity contribution in [2.75, 3.05) is 26.2 Å². The van der Waals surface area contributed by atoms with Crippen molar-refractivity contribution in [3.8, 4) is 5.88 Å². The van der Waals surface area contributed by atoms with Crippen molar-refractivity contribution in [2.45, 2.75) is 44.6 Å². The van der Waals surface area contributed by atoms with E-state index >= 15 is 0 Å². The first-order valence-electron chi connectivity index (χ1n) is 8.15. The summed E-state index contributed by atoms with van der Waals surface area (Å²) in [4.78, 5) is 17.9. The number of carbonyl (C=O) groups is 1. The van der Waals surface area contributed by atoms with Crippen molar-refractivity contribution in [1.29, 1.82) is 0 Å². The normalized spacial score (nSPS) is 18.5. The van der Waals surface area contributed by atoms with E-state index in [0.29, 0.717) is 13.0 Å². The minimum Gasteiger partial charge on any atom is -0.475 e. The number of pyridine rings is 1. The molecule has 0 spiro atoms. The van der Waals surface area contributed by atoms with E-state index in [-0.39, 0.29) is 30.5 Å². The molecule has 0 radical (unpaired) electrons. The third kappa shape index (κ3) is 5.57. The molecule has 0 aromatic carbocycles. The van der Waals surface area contributed by atoms with Crippen LogP contribution >= 0.6 is 0 Å². The molecular weight excluding hydrogens is 346 g/mol. The highest BCUT2D eigenvalue weighted by Crippen LogP contribution is 2.22. The van der Waals surface area contributed by atoms with Gasteiger partial charge in [-0.05, 0) is 45.7 Å². The van der Waals surface area contributed by atoms with Gasteiger partial charge >= 0.3 is 6.09 Å². The van der Waals surface area contributed by atoms with Gasteiger partial charge in [0.05, 0.1) is 6.54 Å². The van der Waals surface area contributed by atoms with Crippen LogP contribution < -0.4 is 9.46 Å². The number of sulfonamides is 1. The molecule has 1 N–H and O–H groups in total. The van der Waals surface area contributed by atoms with Gasteiger partial charge in [-0.2, -0.15) is 0 Å². The van der Waals surface area contributed by atoms with Gasteiger partial charge in [0.25, 0.3) is 0 Å². The van der Waals surface area contributed by atoms with Gasteiger partial charge in [-0.3, -0.25) is 0 Å². The molecule has 0 saturated heterocycles. The van der Waals surface area contributed by atoms with E-state index < -0.39 is 21.7 Å². The van der Waals surface area contributed by atoms with Crippen LogP contribution in [0.4, 0.5) is 4.79 Å². The van der Waals surface area contributed by atoms with Gasteiger partial charge in [-0.25, -0.2) is 22.9 Å². The molecule has 0 aliphatic carbocycles. The first-order chi connectivity index (χ1) is 11.6. The van der Waals surface area contributed by atoms with Gasteiger partial charge < -0.3 is 14.4 Å². The summed E-state index contributed by atoms with van der Waals surface area (Å²) in [5, 5.41) is 0. The number of hydrogen-bond acceptors (Lipinski definition) is 6. The van der Waals surface area contributed by atoms with Gasteiger partial charge in [0.2, 0.25) is 15.9 Å². The molecule has 8 nitrogen and oxygen atoms in total. The lowest BCUT2D eigenvalue weighted by molar-refractivity contribution is 0.0223. The fourth-order valence-corrected chi connectivity index (χ4v) is 3.51. The summed E-state index contributed by atoms with van der Waals surface area (Å²) < 4.78 is 38.3. The molecule has 0 atom stereocenters. The topological polar surface area (TPSA) is 97.8 Å². The fourth-order valence-electron chi connectivity index (χ4n) is 2.26. The van der Waals surface area contributed by atoms with Crippen LogP contribution in [-0.2, 0) is 14.8 Å². The summed E-state index contributed by atoms with van der Waals surface area (Å²) in [7, 11) is -3.72. The number of hydrogen-bond donors (Lipinski definition) is 1. The highest BCUT2D eigenvalue weighted by Gasteiger charge is 2.25. The lowest BCUT2D eigenvalue weighted by Gasteiger charge is -2.27. The number of aryl methyl sites for hydroxylation is 1. The van der Waals surface area contributed by atoms with Crippen LogP contribution in [0.25, 0.3) is 0 Å². The van der Waals surface area contributed by atoms with Gasteiger partial charge in [0.1, 0.15) is 17.1 Å². The van der Waals surface area contributed by atoms with E-state index in [2.05, 4.69) is 9.71 Å². The van der Waals surface area contributed by atoms with Crippen LogP contribution in [0.1, 0.15) is 32.8 Å². The summed E-state index contributed by atoms with van der Waals surface area (Å²) in [6.07, 6.45) is 1.56. The summed E-state index contributed by atoms with van der Waals surface area (Å²) in [5.41, 5.74) is 0.121. The zero-order valence-corrected chi connectivity index (χ0v) is 15.9. The molecule has 9 heteroatoms. The van der Waals surface area contributed by atoms with Gasteiger partial charge in [0, 0.05) is 19.3 Å². The van der Waals surface area contributed by atoms with Crippen molar-refractivity contribution in [1.82, 2.24) is 14.6 Å². The molecule has 2 heterocycles. The Bertz CT molecular complexity index is 728. The Morgan fingerprint density at radius 2 is 2.08 bits per heavy atom. The second kappa shape index (κ2) is 7.57. The average molecular weight is 371 g/mol. The van der Waals surface area contributed by atoms with E-state index in [1.165, 1.54) is 11.0 Å². The first-order valence-corrected chi connectivity index (χ1v) is 9.64. The SMILES string of the molecule is Cc1cnc2c(c1)S(=O)(=O)NCCCN(C(=O)OC(C)(C)C)CCO2. The Labute approximate surface area is 148 Å². The molecule has 2 rings (SSSR count). The number of ether oxygens (including phenoxy) is 2. The average Bonchev–Trinajstić information content (AvgIpc) is 2.50. The Kier molecular flexibility index (Phi) is 5.89. The predicted molar refractivity (Wildman–Crippen MR) is 92.1 cm³/mol. The summed E-state index contributed by atoms with van der Waals surface area (Å²) in [5.74, 6) is 0.0316. The number of aromatic nitrogens is 1. The number of amides is 1. The predicted octanol–water partition coefficient (Wildman–Crippen LogP) is 1.69. The maximum Gasteiger partial charge on any atom is 0.410 e. The van der Waals surface area contributed by atoms with Gasteiger partial charge in [-0.1, -0.05) is 0 Å². The maximum absolute atomic E-state index is 12.4. The van der Waals surface area contributed by atoms with Crippen molar-refractivity contribution in [3.05, 3.63) is 17.8 Å². The third-order valence-corrected chi connectivity index (χ3v) is 4.85.